The third kappa shape index (κ3) is 4.02. The molecule has 2 N–H and O–H groups in total. The van der Waals surface area contributed by atoms with Crippen LogP contribution in [0, 0.1) is 5.82 Å². The fourth-order valence-electron chi connectivity index (χ4n) is 2.93. The second-order valence-corrected chi connectivity index (χ2v) is 6.30. The molecular weight excluding hydrogens is 406 g/mol. The zero-order valence-corrected chi connectivity index (χ0v) is 15.5. The molecule has 0 saturated carbocycles. The van der Waals surface area contributed by atoms with Crippen LogP contribution in [0.5, 0.6) is 5.88 Å². The van der Waals surface area contributed by atoms with Crippen molar-refractivity contribution in [3.63, 3.8) is 0 Å². The Balaban J connectivity index is 2.09. The molecule has 3 rings (SSSR count). The molecule has 6 nitrogen and oxygen atoms in total. The standard InChI is InChI=1S/C20H15F4N3O3/c1-11(25-10-12-6-2-3-7-13(12)20(22,23)24)16-17(28)26-19(30)27(18(16)29)15-9-5-4-8-14(15)21/h2-9,29H,10H2,1H3,(H,26,28,30). The molecule has 3 aromatic rings. The number of para-hydroxylation sites is 1. The lowest BCUT2D eigenvalue weighted by atomic mass is 10.1. The molecule has 0 aliphatic carbocycles. The van der Waals surface area contributed by atoms with Gasteiger partial charge in [-0.1, -0.05) is 30.3 Å². The Bertz CT molecular complexity index is 1240. The number of H-pyrrole nitrogens is 1. The fourth-order valence-corrected chi connectivity index (χ4v) is 2.93. The molecule has 0 bridgehead atoms. The van der Waals surface area contributed by atoms with E-state index in [1.807, 2.05) is 4.98 Å². The number of nitrogens with one attached hydrogen (secondary N) is 1. The third-order valence-corrected chi connectivity index (χ3v) is 4.35. The summed E-state index contributed by atoms with van der Waals surface area (Å²) in [6.07, 6.45) is -4.59. The first-order chi connectivity index (χ1) is 14.1. The lowest BCUT2D eigenvalue weighted by Gasteiger charge is -2.13. The molecule has 1 aromatic heterocycles. The van der Waals surface area contributed by atoms with Gasteiger partial charge in [-0.2, -0.15) is 13.2 Å². The summed E-state index contributed by atoms with van der Waals surface area (Å²) in [5.74, 6) is -1.71. The van der Waals surface area contributed by atoms with Gasteiger partial charge in [-0.05, 0) is 30.7 Å². The minimum atomic E-state index is -4.59. The van der Waals surface area contributed by atoms with Crippen LogP contribution in [-0.4, -0.2) is 20.4 Å². The van der Waals surface area contributed by atoms with Crippen LogP contribution in [0.3, 0.4) is 0 Å². The number of aromatic nitrogens is 2. The van der Waals surface area contributed by atoms with Crippen LogP contribution in [-0.2, 0) is 12.7 Å². The van der Waals surface area contributed by atoms with Crippen LogP contribution in [0.4, 0.5) is 17.6 Å². The van der Waals surface area contributed by atoms with Gasteiger partial charge in [0, 0.05) is 0 Å². The number of rotatable bonds is 4. The maximum Gasteiger partial charge on any atom is 0.416 e. The van der Waals surface area contributed by atoms with Crippen molar-refractivity contribution in [3.8, 4) is 11.6 Å². The highest BCUT2D eigenvalue weighted by molar-refractivity contribution is 6.00. The molecule has 0 atom stereocenters. The van der Waals surface area contributed by atoms with Crippen molar-refractivity contribution in [2.45, 2.75) is 19.6 Å². The monoisotopic (exact) mass is 421 g/mol. The molecule has 0 aliphatic heterocycles. The van der Waals surface area contributed by atoms with E-state index in [-0.39, 0.29) is 17.0 Å². The lowest BCUT2D eigenvalue weighted by Crippen LogP contribution is -2.33. The Morgan fingerprint density at radius 3 is 2.40 bits per heavy atom. The van der Waals surface area contributed by atoms with Gasteiger partial charge >= 0.3 is 11.9 Å². The molecule has 2 aromatic carbocycles. The molecule has 0 amide bonds. The van der Waals surface area contributed by atoms with Crippen molar-refractivity contribution in [1.82, 2.24) is 9.55 Å². The van der Waals surface area contributed by atoms with Crippen molar-refractivity contribution in [2.75, 3.05) is 0 Å². The van der Waals surface area contributed by atoms with Crippen LogP contribution in [0.1, 0.15) is 23.6 Å². The Morgan fingerprint density at radius 1 is 1.10 bits per heavy atom. The van der Waals surface area contributed by atoms with E-state index in [4.69, 9.17) is 0 Å². The zero-order chi connectivity index (χ0) is 22.1. The van der Waals surface area contributed by atoms with Gasteiger partial charge in [0.2, 0.25) is 5.88 Å². The molecule has 0 radical (unpaired) electrons. The topological polar surface area (TPSA) is 87.4 Å². The number of nitrogens with zero attached hydrogens (tertiary/aromatic N) is 2. The van der Waals surface area contributed by atoms with E-state index in [2.05, 4.69) is 4.99 Å². The molecular formula is C20H15F4N3O3. The molecule has 0 fully saturated rings. The Hall–Kier alpha value is -3.69. The van der Waals surface area contributed by atoms with Crippen LogP contribution in [0.25, 0.3) is 5.69 Å². The molecule has 0 spiro atoms. The van der Waals surface area contributed by atoms with E-state index < -0.39 is 46.8 Å². The summed E-state index contributed by atoms with van der Waals surface area (Å²) in [6.45, 7) is 0.857. The van der Waals surface area contributed by atoms with Gasteiger partial charge in [-0.15, -0.1) is 0 Å². The Labute approximate surface area is 166 Å². The molecule has 30 heavy (non-hydrogen) atoms. The third-order valence-electron chi connectivity index (χ3n) is 4.35. The summed E-state index contributed by atoms with van der Waals surface area (Å²) in [6, 6.07) is 9.86. The summed E-state index contributed by atoms with van der Waals surface area (Å²) < 4.78 is 54.0. The van der Waals surface area contributed by atoms with Crippen molar-refractivity contribution in [3.05, 3.63) is 91.9 Å². The Kier molecular flexibility index (Phi) is 5.59. The van der Waals surface area contributed by atoms with E-state index in [1.54, 1.807) is 0 Å². The first kappa shape index (κ1) is 21.0. The number of alkyl halides is 3. The van der Waals surface area contributed by atoms with Gasteiger partial charge < -0.3 is 5.11 Å². The first-order valence-electron chi connectivity index (χ1n) is 8.61. The number of hydrogen-bond acceptors (Lipinski definition) is 4. The van der Waals surface area contributed by atoms with Crippen molar-refractivity contribution in [1.29, 1.82) is 0 Å². The largest absolute Gasteiger partial charge is 0.493 e. The number of hydrogen-bond donors (Lipinski definition) is 2. The van der Waals surface area contributed by atoms with Gasteiger partial charge in [0.1, 0.15) is 11.4 Å². The quantitative estimate of drug-likeness (QED) is 0.500. The molecule has 0 aliphatic rings. The predicted molar refractivity (Wildman–Crippen MR) is 102 cm³/mol. The van der Waals surface area contributed by atoms with Gasteiger partial charge in [0.05, 0.1) is 23.5 Å². The number of benzene rings is 2. The smallest absolute Gasteiger partial charge is 0.416 e. The van der Waals surface area contributed by atoms with E-state index in [0.717, 1.165) is 12.1 Å². The average molecular weight is 421 g/mol. The number of aromatic amines is 1. The van der Waals surface area contributed by atoms with Gasteiger partial charge in [0.15, 0.2) is 0 Å². The highest BCUT2D eigenvalue weighted by Crippen LogP contribution is 2.32. The summed E-state index contributed by atoms with van der Waals surface area (Å²) in [4.78, 5) is 30.3. The number of aromatic hydroxyl groups is 1. The van der Waals surface area contributed by atoms with E-state index in [1.165, 1.54) is 43.3 Å². The second-order valence-electron chi connectivity index (χ2n) is 6.30. The maximum absolute atomic E-state index is 14.1. The van der Waals surface area contributed by atoms with Crippen molar-refractivity contribution < 1.29 is 22.7 Å². The van der Waals surface area contributed by atoms with Crippen LogP contribution >= 0.6 is 0 Å². The normalized spacial score (nSPS) is 12.2. The van der Waals surface area contributed by atoms with E-state index in [0.29, 0.717) is 4.57 Å². The molecule has 0 saturated heterocycles. The molecule has 156 valence electrons. The first-order valence-corrected chi connectivity index (χ1v) is 8.61. The summed E-state index contributed by atoms with van der Waals surface area (Å²) >= 11 is 0. The van der Waals surface area contributed by atoms with Crippen LogP contribution in [0.2, 0.25) is 0 Å². The van der Waals surface area contributed by atoms with E-state index >= 15 is 0 Å². The minimum Gasteiger partial charge on any atom is -0.493 e. The Morgan fingerprint density at radius 2 is 1.73 bits per heavy atom. The van der Waals surface area contributed by atoms with Gasteiger partial charge in [-0.25, -0.2) is 13.8 Å². The van der Waals surface area contributed by atoms with Crippen LogP contribution in [0.15, 0.2) is 63.1 Å². The van der Waals surface area contributed by atoms with E-state index in [9.17, 15) is 32.3 Å². The highest BCUT2D eigenvalue weighted by Gasteiger charge is 2.32. The van der Waals surface area contributed by atoms with Crippen molar-refractivity contribution in [2.24, 2.45) is 4.99 Å². The van der Waals surface area contributed by atoms with Crippen molar-refractivity contribution >= 4 is 5.71 Å². The summed E-state index contributed by atoms with van der Waals surface area (Å²) in [5.41, 5.74) is -4.00. The number of aliphatic imine (C=N–C) groups is 1. The molecule has 0 unspecified atom stereocenters. The summed E-state index contributed by atoms with van der Waals surface area (Å²) in [7, 11) is 0. The average Bonchev–Trinajstić information content (AvgIpc) is 2.67. The predicted octanol–water partition coefficient (Wildman–Crippen LogP) is 3.40. The zero-order valence-electron chi connectivity index (χ0n) is 15.5. The molecule has 10 heteroatoms. The van der Waals surface area contributed by atoms with Gasteiger partial charge in [0.25, 0.3) is 5.56 Å². The second kappa shape index (κ2) is 7.97. The minimum absolute atomic E-state index is 0.129. The highest BCUT2D eigenvalue weighted by atomic mass is 19.4. The lowest BCUT2D eigenvalue weighted by molar-refractivity contribution is -0.138. The van der Waals surface area contributed by atoms with Crippen LogP contribution < -0.4 is 11.2 Å². The van der Waals surface area contributed by atoms with Gasteiger partial charge in [-0.3, -0.25) is 14.8 Å². The number of halogens is 4. The molecule has 1 heterocycles. The maximum atomic E-state index is 14.1. The SMILES string of the molecule is CC(=NCc1ccccc1C(F)(F)F)c1c(O)n(-c2ccccc2F)c(=O)[nH]c1=O. The summed E-state index contributed by atoms with van der Waals surface area (Å²) in [5, 5.41) is 10.5. The fraction of sp³-hybridized carbons (Fsp3) is 0.150.